The van der Waals surface area contributed by atoms with Crippen LogP contribution in [-0.2, 0) is 22.4 Å². The van der Waals surface area contributed by atoms with Crippen molar-refractivity contribution in [2.75, 3.05) is 7.11 Å². The Morgan fingerprint density at radius 2 is 1.72 bits per heavy atom. The highest BCUT2D eigenvalue weighted by Gasteiger charge is 2.26. The number of phenolic OH excluding ortho intramolecular Hbond substituents is 1. The average Bonchev–Trinajstić information content (AvgIpc) is 2.77. The molecule has 1 aliphatic rings. The van der Waals surface area contributed by atoms with E-state index < -0.39 is 0 Å². The van der Waals surface area contributed by atoms with Gasteiger partial charge in [0.2, 0.25) is 0 Å². The lowest BCUT2D eigenvalue weighted by Crippen LogP contribution is -2.32. The van der Waals surface area contributed by atoms with E-state index in [0.29, 0.717) is 23.3 Å². The average molecular weight is 441 g/mol. The van der Waals surface area contributed by atoms with E-state index in [1.165, 1.54) is 14.0 Å². The van der Waals surface area contributed by atoms with Crippen LogP contribution in [0, 0.1) is 0 Å². The lowest BCUT2D eigenvalue weighted by molar-refractivity contribution is -0.139. The maximum absolute atomic E-state index is 11.8. The third-order valence-electron chi connectivity index (χ3n) is 5.79. The van der Waals surface area contributed by atoms with Gasteiger partial charge in [-0.15, -0.1) is 0 Å². The lowest BCUT2D eigenvalue weighted by Gasteiger charge is -2.31. The van der Waals surface area contributed by atoms with E-state index >= 15 is 0 Å². The number of ketones is 1. The van der Waals surface area contributed by atoms with E-state index in [1.54, 1.807) is 12.1 Å². The predicted octanol–water partition coefficient (Wildman–Crippen LogP) is 5.03. The monoisotopic (exact) mass is 440 g/mol. The topological polar surface area (TPSA) is 82.1 Å². The molecule has 2 atom stereocenters. The number of hydrogen-bond donors (Lipinski definition) is 1. The van der Waals surface area contributed by atoms with Crippen LogP contribution >= 0.6 is 0 Å². The number of phenols is 1. The molecule has 0 aliphatic heterocycles. The van der Waals surface area contributed by atoms with E-state index in [9.17, 15) is 14.7 Å². The molecule has 0 unspecified atom stereocenters. The fourth-order valence-corrected chi connectivity index (χ4v) is 4.12. The van der Waals surface area contributed by atoms with Gasteiger partial charge in [0, 0.05) is 12.0 Å². The maximum Gasteiger partial charge on any atom is 0.309 e. The summed E-state index contributed by atoms with van der Waals surface area (Å²) < 4.78 is 17.2. The molecule has 0 amide bonds. The Hall–Kier alpha value is -3.02. The third kappa shape index (κ3) is 6.02. The quantitative estimate of drug-likeness (QED) is 0.435. The first kappa shape index (κ1) is 23.6. The number of carbonyl (C=O) groups excluding carboxylic acids is 2. The standard InChI is InChI=1S/C26H32O6/c1-4-6-23-24(14-13-22(17(2)27)26(23)29)32-21-8-5-7-20(16-21)31-19-11-9-18(10-12-19)15-25(28)30-3/h9-14,20-21,29H,4-8,15-16H2,1-3H3/t20-,21+/m0/s1. The number of ether oxygens (including phenoxy) is 3. The highest BCUT2D eigenvalue weighted by molar-refractivity contribution is 5.97. The summed E-state index contributed by atoms with van der Waals surface area (Å²) in [6.45, 7) is 3.49. The molecule has 6 nitrogen and oxygen atoms in total. The van der Waals surface area contributed by atoms with Gasteiger partial charge in [0.25, 0.3) is 0 Å². The molecule has 1 aliphatic carbocycles. The molecule has 2 aromatic carbocycles. The molecular formula is C26H32O6. The molecule has 0 radical (unpaired) electrons. The zero-order valence-corrected chi connectivity index (χ0v) is 19.1. The number of esters is 1. The maximum atomic E-state index is 11.8. The summed E-state index contributed by atoms with van der Waals surface area (Å²) in [6, 6.07) is 10.9. The second-order valence-electron chi connectivity index (χ2n) is 8.29. The Kier molecular flexibility index (Phi) is 8.14. The van der Waals surface area contributed by atoms with Gasteiger partial charge in [-0.2, -0.15) is 0 Å². The molecule has 1 fully saturated rings. The third-order valence-corrected chi connectivity index (χ3v) is 5.79. The van der Waals surface area contributed by atoms with Crippen molar-refractivity contribution in [2.45, 2.75) is 71.0 Å². The highest BCUT2D eigenvalue weighted by atomic mass is 16.5. The predicted molar refractivity (Wildman–Crippen MR) is 122 cm³/mol. The summed E-state index contributed by atoms with van der Waals surface area (Å²) >= 11 is 0. The largest absolute Gasteiger partial charge is 0.507 e. The number of benzene rings is 2. The molecule has 1 N–H and O–H groups in total. The van der Waals surface area contributed by atoms with Crippen LogP contribution in [0.2, 0.25) is 0 Å². The Morgan fingerprint density at radius 1 is 1.03 bits per heavy atom. The fraction of sp³-hybridized carbons (Fsp3) is 0.462. The second kappa shape index (κ2) is 11.0. The Bertz CT molecular complexity index is 934. The Morgan fingerprint density at radius 3 is 2.34 bits per heavy atom. The second-order valence-corrected chi connectivity index (χ2v) is 8.29. The van der Waals surface area contributed by atoms with Crippen LogP contribution in [0.3, 0.4) is 0 Å². The summed E-state index contributed by atoms with van der Waals surface area (Å²) in [5.41, 5.74) is 1.91. The molecule has 0 spiro atoms. The SMILES string of the molecule is CCCc1c(O[C@@H]2CCC[C@H](Oc3ccc(CC(=O)OC)cc3)C2)ccc(C(C)=O)c1O. The minimum atomic E-state index is -0.268. The number of hydrogen-bond acceptors (Lipinski definition) is 6. The van der Waals surface area contributed by atoms with Gasteiger partial charge in [-0.3, -0.25) is 9.59 Å². The van der Waals surface area contributed by atoms with Crippen molar-refractivity contribution >= 4 is 11.8 Å². The van der Waals surface area contributed by atoms with Crippen LogP contribution in [0.5, 0.6) is 17.2 Å². The molecule has 0 heterocycles. The Balaban J connectivity index is 1.64. The highest BCUT2D eigenvalue weighted by Crippen LogP contribution is 2.35. The molecule has 3 rings (SSSR count). The molecule has 2 aromatic rings. The molecule has 0 saturated heterocycles. The van der Waals surface area contributed by atoms with E-state index in [2.05, 4.69) is 0 Å². The van der Waals surface area contributed by atoms with Gasteiger partial charge in [0.1, 0.15) is 29.5 Å². The van der Waals surface area contributed by atoms with Crippen LogP contribution < -0.4 is 9.47 Å². The minimum absolute atomic E-state index is 0.0227. The van der Waals surface area contributed by atoms with Crippen molar-refractivity contribution in [1.29, 1.82) is 0 Å². The van der Waals surface area contributed by atoms with Crippen LogP contribution in [0.15, 0.2) is 36.4 Å². The van der Waals surface area contributed by atoms with Gasteiger partial charge in [-0.25, -0.2) is 0 Å². The van der Waals surface area contributed by atoms with Crippen molar-refractivity contribution in [3.8, 4) is 17.2 Å². The molecule has 0 aromatic heterocycles. The van der Waals surface area contributed by atoms with E-state index in [4.69, 9.17) is 14.2 Å². The van der Waals surface area contributed by atoms with Crippen molar-refractivity contribution in [1.82, 2.24) is 0 Å². The van der Waals surface area contributed by atoms with Gasteiger partial charge in [0.05, 0.1) is 19.1 Å². The smallest absolute Gasteiger partial charge is 0.309 e. The molecule has 32 heavy (non-hydrogen) atoms. The van der Waals surface area contributed by atoms with Crippen LogP contribution in [0.1, 0.15) is 67.4 Å². The molecule has 0 bridgehead atoms. The van der Waals surface area contributed by atoms with Crippen LogP contribution in [-0.4, -0.2) is 36.2 Å². The molecular weight excluding hydrogens is 408 g/mol. The zero-order valence-electron chi connectivity index (χ0n) is 19.1. The van der Waals surface area contributed by atoms with E-state index in [-0.39, 0.29) is 36.1 Å². The van der Waals surface area contributed by atoms with Gasteiger partial charge in [-0.05, 0) is 62.4 Å². The van der Waals surface area contributed by atoms with Crippen LogP contribution in [0.25, 0.3) is 0 Å². The molecule has 6 heteroatoms. The van der Waals surface area contributed by atoms with E-state index in [0.717, 1.165) is 43.4 Å². The summed E-state index contributed by atoms with van der Waals surface area (Å²) in [5, 5.41) is 10.6. The fourth-order valence-electron chi connectivity index (χ4n) is 4.12. The normalized spacial score (nSPS) is 18.1. The summed E-state index contributed by atoms with van der Waals surface area (Å²) in [4.78, 5) is 23.2. The first-order chi connectivity index (χ1) is 15.4. The van der Waals surface area contributed by atoms with Gasteiger partial charge in [0.15, 0.2) is 5.78 Å². The van der Waals surface area contributed by atoms with Crippen molar-refractivity contribution in [2.24, 2.45) is 0 Å². The zero-order chi connectivity index (χ0) is 23.1. The summed E-state index contributed by atoms with van der Waals surface area (Å²) in [6.07, 6.45) is 5.32. The number of carbonyl (C=O) groups is 2. The van der Waals surface area contributed by atoms with Crippen molar-refractivity contribution in [3.05, 3.63) is 53.1 Å². The first-order valence-corrected chi connectivity index (χ1v) is 11.3. The van der Waals surface area contributed by atoms with Gasteiger partial charge >= 0.3 is 5.97 Å². The molecule has 172 valence electrons. The number of Topliss-reactive ketones (excluding diaryl/α,β-unsaturated/α-hetero) is 1. The van der Waals surface area contributed by atoms with Crippen LogP contribution in [0.4, 0.5) is 0 Å². The Labute approximate surface area is 189 Å². The number of rotatable bonds is 9. The van der Waals surface area contributed by atoms with Gasteiger partial charge < -0.3 is 19.3 Å². The summed E-state index contributed by atoms with van der Waals surface area (Å²) in [5.74, 6) is 1.02. The lowest BCUT2D eigenvalue weighted by atomic mass is 9.94. The van der Waals surface area contributed by atoms with Crippen molar-refractivity contribution < 1.29 is 28.9 Å². The van der Waals surface area contributed by atoms with Crippen molar-refractivity contribution in [3.63, 3.8) is 0 Å². The van der Waals surface area contributed by atoms with E-state index in [1.807, 2.05) is 31.2 Å². The molecule has 1 saturated carbocycles. The number of methoxy groups -OCH3 is 1. The minimum Gasteiger partial charge on any atom is -0.507 e. The first-order valence-electron chi connectivity index (χ1n) is 11.3. The summed E-state index contributed by atoms with van der Waals surface area (Å²) in [7, 11) is 1.38. The van der Waals surface area contributed by atoms with Gasteiger partial charge in [-0.1, -0.05) is 25.5 Å². The number of aromatic hydroxyl groups is 1.